The zero-order valence-electron chi connectivity index (χ0n) is 21.7. The Morgan fingerprint density at radius 1 is 0.703 bits per heavy atom. The van der Waals surface area contributed by atoms with Crippen LogP contribution in [0.3, 0.4) is 0 Å². The standard InChI is InChI=1S/C26H30O6S2.C3H8/c27-25(28)11-3-1-5-13-31-21-17-20(24-10-8-16-34-24)22(18-19(21)23-9-7-15-33-23)32-14-6-2-4-12-26(29)30;1-3-2/h7-10,15-18H,1-6,11-14H2,(H,27,28)(H,29,30);3H2,1-2H3. The maximum atomic E-state index is 10.7. The van der Waals surface area contributed by atoms with Crippen LogP contribution in [0.1, 0.15) is 71.6 Å². The van der Waals surface area contributed by atoms with Gasteiger partial charge in [-0.2, -0.15) is 0 Å². The highest BCUT2D eigenvalue weighted by Crippen LogP contribution is 2.43. The molecule has 0 amide bonds. The number of hydrogen-bond donors (Lipinski definition) is 2. The molecule has 37 heavy (non-hydrogen) atoms. The second-order valence-electron chi connectivity index (χ2n) is 8.61. The molecule has 0 aliphatic rings. The number of aliphatic carboxylic acids is 2. The van der Waals surface area contributed by atoms with Crippen LogP contribution in [-0.2, 0) is 9.59 Å². The molecule has 0 spiro atoms. The molecule has 0 radical (unpaired) electrons. The summed E-state index contributed by atoms with van der Waals surface area (Å²) in [5.41, 5.74) is 1.95. The van der Waals surface area contributed by atoms with Crippen molar-refractivity contribution in [2.45, 2.75) is 71.6 Å². The van der Waals surface area contributed by atoms with Crippen molar-refractivity contribution < 1.29 is 29.3 Å². The van der Waals surface area contributed by atoms with E-state index in [9.17, 15) is 9.59 Å². The van der Waals surface area contributed by atoms with Crippen LogP contribution in [0.15, 0.2) is 47.2 Å². The quantitative estimate of drug-likeness (QED) is 0.175. The van der Waals surface area contributed by atoms with Crippen LogP contribution >= 0.6 is 22.7 Å². The molecule has 0 saturated carbocycles. The van der Waals surface area contributed by atoms with Gasteiger partial charge in [0.2, 0.25) is 0 Å². The van der Waals surface area contributed by atoms with Crippen LogP contribution < -0.4 is 9.47 Å². The zero-order valence-corrected chi connectivity index (χ0v) is 23.4. The Morgan fingerprint density at radius 2 is 1.11 bits per heavy atom. The maximum Gasteiger partial charge on any atom is 0.303 e. The molecule has 202 valence electrons. The average Bonchev–Trinajstić information content (AvgIpc) is 3.58. The van der Waals surface area contributed by atoms with E-state index in [1.807, 2.05) is 35.0 Å². The Labute approximate surface area is 227 Å². The van der Waals surface area contributed by atoms with Gasteiger partial charge in [-0.3, -0.25) is 9.59 Å². The van der Waals surface area contributed by atoms with Crippen molar-refractivity contribution in [2.75, 3.05) is 13.2 Å². The van der Waals surface area contributed by atoms with E-state index in [1.54, 1.807) is 22.7 Å². The van der Waals surface area contributed by atoms with Crippen molar-refractivity contribution in [3.05, 3.63) is 47.2 Å². The number of carboxylic acid groups (broad SMARTS) is 2. The number of thiophene rings is 2. The van der Waals surface area contributed by atoms with E-state index in [0.29, 0.717) is 26.1 Å². The second-order valence-corrected chi connectivity index (χ2v) is 10.5. The first kappa shape index (κ1) is 30.4. The predicted molar refractivity (Wildman–Crippen MR) is 152 cm³/mol. The highest BCUT2D eigenvalue weighted by atomic mass is 32.1. The molecule has 0 bridgehead atoms. The number of carbonyl (C=O) groups is 2. The van der Waals surface area contributed by atoms with Crippen LogP contribution in [-0.4, -0.2) is 35.4 Å². The molecule has 8 heteroatoms. The van der Waals surface area contributed by atoms with Gasteiger partial charge in [0.15, 0.2) is 0 Å². The summed E-state index contributed by atoms with van der Waals surface area (Å²) in [5, 5.41) is 21.7. The van der Waals surface area contributed by atoms with Gasteiger partial charge in [-0.05, 0) is 73.6 Å². The third-order valence-corrected chi connectivity index (χ3v) is 7.05. The molecule has 2 N–H and O–H groups in total. The molecule has 0 atom stereocenters. The van der Waals surface area contributed by atoms with Crippen molar-refractivity contribution in [2.24, 2.45) is 0 Å². The number of benzene rings is 1. The van der Waals surface area contributed by atoms with Gasteiger partial charge in [-0.25, -0.2) is 0 Å². The van der Waals surface area contributed by atoms with E-state index in [1.165, 1.54) is 6.42 Å². The Morgan fingerprint density at radius 3 is 1.43 bits per heavy atom. The molecule has 0 fully saturated rings. The minimum atomic E-state index is -0.765. The molecular formula is C29H38O6S2. The smallest absolute Gasteiger partial charge is 0.303 e. The predicted octanol–water partition coefficient (Wildman–Crippen LogP) is 8.61. The number of hydrogen-bond acceptors (Lipinski definition) is 6. The number of unbranched alkanes of at least 4 members (excludes halogenated alkanes) is 4. The van der Waals surface area contributed by atoms with Crippen molar-refractivity contribution in [1.82, 2.24) is 0 Å². The third kappa shape index (κ3) is 11.4. The van der Waals surface area contributed by atoms with Crippen molar-refractivity contribution in [3.63, 3.8) is 0 Å². The van der Waals surface area contributed by atoms with Gasteiger partial charge in [-0.15, -0.1) is 22.7 Å². The van der Waals surface area contributed by atoms with Gasteiger partial charge in [0.1, 0.15) is 11.5 Å². The molecule has 6 nitrogen and oxygen atoms in total. The fraction of sp³-hybridized carbons (Fsp3) is 0.448. The Balaban J connectivity index is 0.00000153. The van der Waals surface area contributed by atoms with Crippen molar-refractivity contribution >= 4 is 34.6 Å². The summed E-state index contributed by atoms with van der Waals surface area (Å²) in [6.07, 6.45) is 6.12. The first-order valence-corrected chi connectivity index (χ1v) is 14.7. The lowest BCUT2D eigenvalue weighted by Gasteiger charge is -2.17. The van der Waals surface area contributed by atoms with E-state index < -0.39 is 11.9 Å². The lowest BCUT2D eigenvalue weighted by atomic mass is 10.1. The molecule has 2 aromatic heterocycles. The Hall–Kier alpha value is -2.84. The molecule has 3 aromatic rings. The van der Waals surface area contributed by atoms with Crippen molar-refractivity contribution in [3.8, 4) is 32.4 Å². The first-order chi connectivity index (χ1) is 18.0. The summed E-state index contributed by atoms with van der Waals surface area (Å²) in [4.78, 5) is 23.6. The number of rotatable bonds is 16. The minimum Gasteiger partial charge on any atom is -0.493 e. The van der Waals surface area contributed by atoms with Crippen molar-refractivity contribution in [1.29, 1.82) is 0 Å². The summed E-state index contributed by atoms with van der Waals surface area (Å²) in [7, 11) is 0. The molecular weight excluding hydrogens is 508 g/mol. The van der Waals surface area contributed by atoms with Gasteiger partial charge < -0.3 is 19.7 Å². The third-order valence-electron chi connectivity index (χ3n) is 5.24. The van der Waals surface area contributed by atoms with Gasteiger partial charge in [0.25, 0.3) is 0 Å². The topological polar surface area (TPSA) is 93.1 Å². The van der Waals surface area contributed by atoms with Crippen LogP contribution in [0.5, 0.6) is 11.5 Å². The minimum absolute atomic E-state index is 0.186. The highest BCUT2D eigenvalue weighted by Gasteiger charge is 2.17. The van der Waals surface area contributed by atoms with E-state index in [0.717, 1.165) is 58.1 Å². The Kier molecular flexibility index (Phi) is 14.4. The summed E-state index contributed by atoms with van der Waals surface area (Å²) in [6.45, 7) is 5.29. The molecule has 0 aliphatic carbocycles. The first-order valence-electron chi connectivity index (χ1n) is 12.9. The van der Waals surface area contributed by atoms with Gasteiger partial charge in [0, 0.05) is 33.7 Å². The van der Waals surface area contributed by atoms with Crippen LogP contribution in [0.4, 0.5) is 0 Å². The molecule has 0 aliphatic heterocycles. The highest BCUT2D eigenvalue weighted by molar-refractivity contribution is 7.14. The number of ether oxygens (including phenoxy) is 2. The van der Waals surface area contributed by atoms with Gasteiger partial charge in [-0.1, -0.05) is 32.4 Å². The summed E-state index contributed by atoms with van der Waals surface area (Å²) < 4.78 is 12.4. The lowest BCUT2D eigenvalue weighted by molar-refractivity contribution is -0.138. The fourth-order valence-corrected chi connectivity index (χ4v) is 5.02. The monoisotopic (exact) mass is 546 g/mol. The lowest BCUT2D eigenvalue weighted by Crippen LogP contribution is -2.03. The molecule has 0 saturated heterocycles. The summed E-state index contributed by atoms with van der Waals surface area (Å²) in [5.74, 6) is 0.0497. The maximum absolute atomic E-state index is 10.7. The summed E-state index contributed by atoms with van der Waals surface area (Å²) >= 11 is 3.27. The van der Waals surface area contributed by atoms with E-state index in [4.69, 9.17) is 19.7 Å². The number of carboxylic acids is 2. The van der Waals surface area contributed by atoms with E-state index in [-0.39, 0.29) is 12.8 Å². The molecule has 2 heterocycles. The average molecular weight is 547 g/mol. The second kappa shape index (κ2) is 17.6. The summed E-state index contributed by atoms with van der Waals surface area (Å²) in [6, 6.07) is 12.2. The van der Waals surface area contributed by atoms with Gasteiger partial charge in [0.05, 0.1) is 13.2 Å². The van der Waals surface area contributed by atoms with E-state index >= 15 is 0 Å². The molecule has 1 aromatic carbocycles. The fourth-order valence-electron chi connectivity index (χ4n) is 3.52. The molecule has 3 rings (SSSR count). The van der Waals surface area contributed by atoms with Crippen LogP contribution in [0.2, 0.25) is 0 Å². The van der Waals surface area contributed by atoms with Gasteiger partial charge >= 0.3 is 11.9 Å². The van der Waals surface area contributed by atoms with E-state index in [2.05, 4.69) is 26.0 Å². The zero-order chi connectivity index (χ0) is 26.9. The van der Waals surface area contributed by atoms with Crippen LogP contribution in [0.25, 0.3) is 20.9 Å². The SMILES string of the molecule is CCC.O=C(O)CCCCCOc1cc(-c2cccs2)c(OCCCCCC(=O)O)cc1-c1cccs1. The normalized spacial score (nSPS) is 10.4. The van der Waals surface area contributed by atoms with Crippen LogP contribution in [0, 0.1) is 0 Å². The Bertz CT molecular complexity index is 961. The molecule has 0 unspecified atom stereocenters. The largest absolute Gasteiger partial charge is 0.493 e.